The Hall–Kier alpha value is -3.69. The van der Waals surface area contributed by atoms with Crippen LogP contribution in [0.4, 0.5) is 5.69 Å². The van der Waals surface area contributed by atoms with Crippen LogP contribution in [0.1, 0.15) is 41.3 Å². The molecule has 1 atom stereocenters. The highest BCUT2D eigenvalue weighted by molar-refractivity contribution is 7.89. The van der Waals surface area contributed by atoms with Crippen molar-refractivity contribution in [1.29, 1.82) is 0 Å². The highest BCUT2D eigenvalue weighted by Crippen LogP contribution is 2.22. The van der Waals surface area contributed by atoms with E-state index in [9.17, 15) is 18.0 Å². The van der Waals surface area contributed by atoms with Crippen LogP contribution >= 0.6 is 0 Å². The molecular formula is C28H32N2O6S. The lowest BCUT2D eigenvalue weighted by atomic mass is 10.1. The van der Waals surface area contributed by atoms with E-state index in [1.54, 1.807) is 37.3 Å². The Labute approximate surface area is 218 Å². The summed E-state index contributed by atoms with van der Waals surface area (Å²) in [7, 11) is -2.51. The zero-order valence-electron chi connectivity index (χ0n) is 21.2. The van der Waals surface area contributed by atoms with Crippen LogP contribution in [0.3, 0.4) is 0 Å². The lowest BCUT2D eigenvalue weighted by Crippen LogP contribution is -2.45. The summed E-state index contributed by atoms with van der Waals surface area (Å²) >= 11 is 0. The van der Waals surface area contributed by atoms with Crippen molar-refractivity contribution < 1.29 is 27.5 Å². The average molecular weight is 525 g/mol. The molecule has 0 heterocycles. The number of nitrogens with one attached hydrogen (secondary N) is 2. The molecule has 0 saturated heterocycles. The van der Waals surface area contributed by atoms with Gasteiger partial charge in [0.25, 0.3) is 0 Å². The molecule has 3 aromatic rings. The summed E-state index contributed by atoms with van der Waals surface area (Å²) in [4.78, 5) is 25.4. The van der Waals surface area contributed by atoms with Crippen molar-refractivity contribution in [2.24, 2.45) is 0 Å². The predicted octanol–water partition coefficient (Wildman–Crippen LogP) is 4.49. The Bertz CT molecular complexity index is 1310. The molecule has 196 valence electrons. The number of amides is 1. The summed E-state index contributed by atoms with van der Waals surface area (Å²) in [5.41, 5.74) is 2.24. The predicted molar refractivity (Wildman–Crippen MR) is 142 cm³/mol. The average Bonchev–Trinajstić information content (AvgIpc) is 2.89. The third-order valence-electron chi connectivity index (χ3n) is 5.69. The van der Waals surface area contributed by atoms with Gasteiger partial charge in [-0.3, -0.25) is 4.79 Å². The maximum absolute atomic E-state index is 13.2. The molecule has 37 heavy (non-hydrogen) atoms. The number of esters is 1. The maximum Gasteiger partial charge on any atom is 0.338 e. The van der Waals surface area contributed by atoms with Crippen molar-refractivity contribution >= 4 is 27.6 Å². The molecule has 0 fully saturated rings. The van der Waals surface area contributed by atoms with E-state index in [1.807, 2.05) is 37.3 Å². The van der Waals surface area contributed by atoms with E-state index in [-0.39, 0.29) is 11.3 Å². The Morgan fingerprint density at radius 1 is 0.973 bits per heavy atom. The first-order valence-corrected chi connectivity index (χ1v) is 13.5. The zero-order valence-corrected chi connectivity index (χ0v) is 22.0. The van der Waals surface area contributed by atoms with Gasteiger partial charge in [0.1, 0.15) is 11.8 Å². The Morgan fingerprint density at radius 2 is 1.68 bits per heavy atom. The minimum absolute atomic E-state index is 0.0302. The van der Waals surface area contributed by atoms with Crippen molar-refractivity contribution in [2.45, 2.75) is 44.0 Å². The van der Waals surface area contributed by atoms with E-state index < -0.39 is 27.9 Å². The van der Waals surface area contributed by atoms with E-state index in [0.717, 1.165) is 18.4 Å². The first-order valence-electron chi connectivity index (χ1n) is 12.0. The number of benzene rings is 3. The molecule has 0 spiro atoms. The molecule has 0 radical (unpaired) electrons. The Balaban J connectivity index is 1.78. The van der Waals surface area contributed by atoms with E-state index in [2.05, 4.69) is 10.0 Å². The normalized spacial score (nSPS) is 12.0. The van der Waals surface area contributed by atoms with E-state index in [1.165, 1.54) is 19.2 Å². The maximum atomic E-state index is 13.2. The lowest BCUT2D eigenvalue weighted by molar-refractivity contribution is -0.117. The van der Waals surface area contributed by atoms with Crippen LogP contribution in [0, 0.1) is 6.92 Å². The summed E-state index contributed by atoms with van der Waals surface area (Å²) in [6.07, 6.45) is 1.85. The second kappa shape index (κ2) is 13.0. The standard InChI is InChI=1S/C28H32N2O6S/c1-4-5-17-36-28(32)22-11-13-23(14-12-22)29-27(31)25(19-21-9-7-6-8-10-21)30-37(33,34)24-15-16-26(35-3)20(2)18-24/h6-16,18,25,30H,4-5,17,19H2,1-3H3,(H,29,31)/t25-/m0/s1. The molecule has 0 aliphatic heterocycles. The van der Waals surface area contributed by atoms with Gasteiger partial charge in [0.15, 0.2) is 0 Å². The van der Waals surface area contributed by atoms with Gasteiger partial charge in [-0.25, -0.2) is 13.2 Å². The van der Waals surface area contributed by atoms with E-state index in [4.69, 9.17) is 9.47 Å². The summed E-state index contributed by atoms with van der Waals surface area (Å²) in [5, 5.41) is 2.75. The number of carbonyl (C=O) groups is 2. The number of hydrogen-bond donors (Lipinski definition) is 2. The molecule has 9 heteroatoms. The molecule has 0 aromatic heterocycles. The van der Waals surface area contributed by atoms with E-state index in [0.29, 0.717) is 29.2 Å². The summed E-state index contributed by atoms with van der Waals surface area (Å²) in [5.74, 6) is -0.401. The number of ether oxygens (including phenoxy) is 2. The lowest BCUT2D eigenvalue weighted by Gasteiger charge is -2.19. The van der Waals surface area contributed by atoms with Gasteiger partial charge in [0.05, 0.1) is 24.2 Å². The highest BCUT2D eigenvalue weighted by atomic mass is 32.2. The molecule has 8 nitrogen and oxygen atoms in total. The molecule has 0 aliphatic carbocycles. The topological polar surface area (TPSA) is 111 Å². The van der Waals surface area contributed by atoms with Gasteiger partial charge in [0.2, 0.25) is 15.9 Å². The molecule has 0 saturated carbocycles. The van der Waals surface area contributed by atoms with Crippen molar-refractivity contribution in [1.82, 2.24) is 4.72 Å². The van der Waals surface area contributed by atoms with Crippen LogP contribution in [0.2, 0.25) is 0 Å². The number of carbonyl (C=O) groups excluding carboxylic acids is 2. The second-order valence-electron chi connectivity index (χ2n) is 8.55. The molecule has 1 amide bonds. The van der Waals surface area contributed by atoms with Crippen molar-refractivity contribution in [3.05, 3.63) is 89.5 Å². The molecule has 0 unspecified atom stereocenters. The van der Waals surface area contributed by atoms with Crippen molar-refractivity contribution in [3.8, 4) is 5.75 Å². The fourth-order valence-electron chi connectivity index (χ4n) is 3.62. The number of rotatable bonds is 12. The summed E-state index contributed by atoms with van der Waals surface area (Å²) in [6.45, 7) is 4.10. The summed E-state index contributed by atoms with van der Waals surface area (Å²) < 4.78 is 39.3. The fraction of sp³-hybridized carbons (Fsp3) is 0.286. The molecule has 3 aromatic carbocycles. The number of methoxy groups -OCH3 is 1. The van der Waals surface area contributed by atoms with Crippen LogP contribution in [0.5, 0.6) is 5.75 Å². The number of hydrogen-bond acceptors (Lipinski definition) is 6. The van der Waals surface area contributed by atoms with Gasteiger partial charge in [-0.1, -0.05) is 43.7 Å². The van der Waals surface area contributed by atoms with Crippen LogP contribution in [0.25, 0.3) is 0 Å². The number of sulfonamides is 1. The number of aryl methyl sites for hydroxylation is 1. The number of anilines is 1. The largest absolute Gasteiger partial charge is 0.496 e. The minimum atomic E-state index is -4.02. The van der Waals surface area contributed by atoms with Gasteiger partial charge in [-0.05, 0) is 73.4 Å². The summed E-state index contributed by atoms with van der Waals surface area (Å²) in [6, 6.07) is 18.8. The zero-order chi connectivity index (χ0) is 26.8. The smallest absolute Gasteiger partial charge is 0.338 e. The van der Waals surface area contributed by atoms with Crippen molar-refractivity contribution in [2.75, 3.05) is 19.0 Å². The van der Waals surface area contributed by atoms with Crippen LogP contribution in [0.15, 0.2) is 77.7 Å². The second-order valence-corrected chi connectivity index (χ2v) is 10.3. The quantitative estimate of drug-likeness (QED) is 0.267. The van der Waals surface area contributed by atoms with Crippen LogP contribution < -0.4 is 14.8 Å². The molecule has 0 bridgehead atoms. The third-order valence-corrected chi connectivity index (χ3v) is 7.16. The first-order chi connectivity index (χ1) is 17.7. The fourth-order valence-corrected chi connectivity index (χ4v) is 4.90. The van der Waals surface area contributed by atoms with Gasteiger partial charge < -0.3 is 14.8 Å². The monoisotopic (exact) mass is 524 g/mol. The molecule has 0 aliphatic rings. The van der Waals surface area contributed by atoms with E-state index >= 15 is 0 Å². The van der Waals surface area contributed by atoms with Crippen LogP contribution in [-0.4, -0.2) is 40.1 Å². The van der Waals surface area contributed by atoms with Crippen molar-refractivity contribution in [3.63, 3.8) is 0 Å². The van der Waals surface area contributed by atoms with Gasteiger partial charge in [-0.2, -0.15) is 4.72 Å². The van der Waals surface area contributed by atoms with Gasteiger partial charge in [-0.15, -0.1) is 0 Å². The van der Waals surface area contributed by atoms with Crippen LogP contribution in [-0.2, 0) is 26.0 Å². The Kier molecular flexibility index (Phi) is 9.82. The highest BCUT2D eigenvalue weighted by Gasteiger charge is 2.27. The molecular weight excluding hydrogens is 492 g/mol. The molecule has 2 N–H and O–H groups in total. The first kappa shape index (κ1) is 27.9. The molecule has 3 rings (SSSR count). The van der Waals surface area contributed by atoms with Gasteiger partial charge >= 0.3 is 5.97 Å². The third kappa shape index (κ3) is 7.90. The Morgan fingerprint density at radius 3 is 2.30 bits per heavy atom. The van der Waals surface area contributed by atoms with Gasteiger partial charge in [0, 0.05) is 5.69 Å². The number of unbranched alkanes of at least 4 members (excludes halogenated alkanes) is 1. The SMILES string of the molecule is CCCCOC(=O)c1ccc(NC(=O)[C@H](Cc2ccccc2)NS(=O)(=O)c2ccc(OC)c(C)c2)cc1. The minimum Gasteiger partial charge on any atom is -0.496 e.